The lowest BCUT2D eigenvalue weighted by Gasteiger charge is -2.30. The van der Waals surface area contributed by atoms with Gasteiger partial charge in [-0.3, -0.25) is 4.79 Å². The molecule has 1 amide bonds. The number of nitrogens with zero attached hydrogens (tertiary/aromatic N) is 1. The summed E-state index contributed by atoms with van der Waals surface area (Å²) in [6, 6.07) is 4.82. The maximum atomic E-state index is 13.8. The van der Waals surface area contributed by atoms with Crippen molar-refractivity contribution in [2.45, 2.75) is 50.9 Å². The van der Waals surface area contributed by atoms with E-state index in [4.69, 9.17) is 0 Å². The van der Waals surface area contributed by atoms with Crippen molar-refractivity contribution < 1.29 is 9.18 Å². The van der Waals surface area contributed by atoms with E-state index < -0.39 is 0 Å². The van der Waals surface area contributed by atoms with Gasteiger partial charge in [0.05, 0.1) is 0 Å². The fourth-order valence-corrected chi connectivity index (χ4v) is 4.93. The fraction of sp³-hybridized carbons (Fsp3) is 0.632. The predicted octanol–water partition coefficient (Wildman–Crippen LogP) is 4.36. The molecule has 3 fully saturated rings. The zero-order chi connectivity index (χ0) is 15.1. The fourth-order valence-electron chi connectivity index (χ4n) is 4.93. The molecule has 2 nitrogen and oxygen atoms in total. The Balaban J connectivity index is 1.65. The molecule has 0 N–H and O–H groups in total. The Hall–Kier alpha value is -1.38. The first-order valence-electron chi connectivity index (χ1n) is 8.81. The third-order valence-corrected chi connectivity index (χ3v) is 6.02. The molecule has 3 heteroatoms. The Morgan fingerprint density at radius 1 is 1.09 bits per heavy atom. The van der Waals surface area contributed by atoms with Gasteiger partial charge in [-0.1, -0.05) is 6.42 Å². The second kappa shape index (κ2) is 5.68. The van der Waals surface area contributed by atoms with Crippen LogP contribution in [0, 0.1) is 17.7 Å². The van der Waals surface area contributed by atoms with Gasteiger partial charge in [0, 0.05) is 18.7 Å². The van der Waals surface area contributed by atoms with E-state index in [1.165, 1.54) is 31.7 Å². The summed E-state index contributed by atoms with van der Waals surface area (Å²) < 4.78 is 13.8. The molecule has 118 valence electrons. The van der Waals surface area contributed by atoms with Crippen LogP contribution in [0.1, 0.15) is 66.8 Å². The van der Waals surface area contributed by atoms with Crippen LogP contribution in [0.4, 0.5) is 4.39 Å². The molecule has 1 saturated heterocycles. The Labute approximate surface area is 131 Å². The molecule has 4 rings (SSSR count). The number of hydrogen-bond acceptors (Lipinski definition) is 1. The van der Waals surface area contributed by atoms with Crippen LogP contribution in [0.5, 0.6) is 0 Å². The predicted molar refractivity (Wildman–Crippen MR) is 84.3 cm³/mol. The van der Waals surface area contributed by atoms with Crippen LogP contribution in [0.2, 0.25) is 0 Å². The topological polar surface area (TPSA) is 20.3 Å². The van der Waals surface area contributed by atoms with Crippen molar-refractivity contribution in [3.05, 3.63) is 35.1 Å². The Morgan fingerprint density at radius 3 is 2.59 bits per heavy atom. The monoisotopic (exact) mass is 301 g/mol. The quantitative estimate of drug-likeness (QED) is 0.795. The smallest absolute Gasteiger partial charge is 0.254 e. The zero-order valence-corrected chi connectivity index (χ0v) is 13.1. The number of piperidine rings is 1. The van der Waals surface area contributed by atoms with E-state index in [0.29, 0.717) is 11.8 Å². The number of likely N-dealkylation sites (tertiary alicyclic amines) is 1. The van der Waals surface area contributed by atoms with E-state index >= 15 is 0 Å². The SMILES string of the molecule is O=C(c1ccc(F)cc1[C@H]1CC2CCC1C2)N1CCCCC1. The number of amides is 1. The minimum atomic E-state index is -0.201. The molecule has 2 bridgehead atoms. The van der Waals surface area contributed by atoms with Gasteiger partial charge >= 0.3 is 0 Å². The van der Waals surface area contributed by atoms with Gasteiger partial charge in [0.1, 0.15) is 5.82 Å². The molecule has 1 aliphatic heterocycles. The maximum absolute atomic E-state index is 13.8. The van der Waals surface area contributed by atoms with Crippen molar-refractivity contribution in [3.63, 3.8) is 0 Å². The molecule has 1 aromatic carbocycles. The highest BCUT2D eigenvalue weighted by atomic mass is 19.1. The normalized spacial score (nSPS) is 30.8. The first-order chi connectivity index (χ1) is 10.7. The molecular formula is C19H24FNO. The van der Waals surface area contributed by atoms with Gasteiger partial charge < -0.3 is 4.90 Å². The molecule has 2 aliphatic carbocycles. The number of halogens is 1. The lowest BCUT2D eigenvalue weighted by Crippen LogP contribution is -2.36. The van der Waals surface area contributed by atoms with E-state index in [9.17, 15) is 9.18 Å². The standard InChI is InChI=1S/C19H24FNO/c20-15-6-7-16(19(22)21-8-2-1-3-9-21)18(12-15)17-11-13-4-5-14(17)10-13/h6-7,12-14,17H,1-5,8-11H2/t13?,14?,17-/m0/s1. The Kier molecular flexibility index (Phi) is 3.67. The van der Waals surface area contributed by atoms with E-state index in [1.54, 1.807) is 12.1 Å². The van der Waals surface area contributed by atoms with Crippen molar-refractivity contribution in [2.24, 2.45) is 11.8 Å². The molecule has 3 atom stereocenters. The van der Waals surface area contributed by atoms with Crippen LogP contribution in [0.3, 0.4) is 0 Å². The first-order valence-corrected chi connectivity index (χ1v) is 8.81. The van der Waals surface area contributed by atoms with Crippen molar-refractivity contribution in [2.75, 3.05) is 13.1 Å². The summed E-state index contributed by atoms with van der Waals surface area (Å²) in [6.45, 7) is 1.71. The van der Waals surface area contributed by atoms with E-state index in [2.05, 4.69) is 0 Å². The van der Waals surface area contributed by atoms with Crippen LogP contribution in [0.15, 0.2) is 18.2 Å². The summed E-state index contributed by atoms with van der Waals surface area (Å²) >= 11 is 0. The van der Waals surface area contributed by atoms with Gasteiger partial charge in [0.15, 0.2) is 0 Å². The molecule has 1 aromatic rings. The lowest BCUT2D eigenvalue weighted by molar-refractivity contribution is 0.0722. The molecule has 22 heavy (non-hydrogen) atoms. The van der Waals surface area contributed by atoms with Crippen LogP contribution in [-0.2, 0) is 0 Å². The van der Waals surface area contributed by atoms with Gasteiger partial charge in [0.2, 0.25) is 0 Å². The molecule has 3 aliphatic rings. The summed E-state index contributed by atoms with van der Waals surface area (Å²) in [5, 5.41) is 0. The molecule has 2 unspecified atom stereocenters. The van der Waals surface area contributed by atoms with Crippen molar-refractivity contribution >= 4 is 5.91 Å². The number of carbonyl (C=O) groups is 1. The zero-order valence-electron chi connectivity index (χ0n) is 13.1. The van der Waals surface area contributed by atoms with Gasteiger partial charge in [0.25, 0.3) is 5.91 Å². The molecular weight excluding hydrogens is 277 g/mol. The average molecular weight is 301 g/mol. The number of carbonyl (C=O) groups excluding carboxylic acids is 1. The van der Waals surface area contributed by atoms with E-state index in [-0.39, 0.29) is 11.7 Å². The van der Waals surface area contributed by atoms with Crippen molar-refractivity contribution in [1.82, 2.24) is 4.90 Å². The number of fused-ring (bicyclic) bond motifs is 2. The highest BCUT2D eigenvalue weighted by Gasteiger charge is 2.41. The third kappa shape index (κ3) is 2.45. The number of benzene rings is 1. The van der Waals surface area contributed by atoms with Crippen molar-refractivity contribution in [1.29, 1.82) is 0 Å². The van der Waals surface area contributed by atoms with Crippen LogP contribution in [0.25, 0.3) is 0 Å². The molecule has 0 aromatic heterocycles. The molecule has 2 saturated carbocycles. The van der Waals surface area contributed by atoms with Crippen LogP contribution in [-0.4, -0.2) is 23.9 Å². The number of hydrogen-bond donors (Lipinski definition) is 0. The van der Waals surface area contributed by atoms with Crippen molar-refractivity contribution in [3.8, 4) is 0 Å². The minimum Gasteiger partial charge on any atom is -0.339 e. The molecule has 1 heterocycles. The summed E-state index contributed by atoms with van der Waals surface area (Å²) in [5.41, 5.74) is 1.75. The maximum Gasteiger partial charge on any atom is 0.254 e. The summed E-state index contributed by atoms with van der Waals surface area (Å²) in [7, 11) is 0. The second-order valence-electron chi connectivity index (χ2n) is 7.37. The van der Waals surface area contributed by atoms with Crippen LogP contribution >= 0.6 is 0 Å². The van der Waals surface area contributed by atoms with Gasteiger partial charge in [-0.15, -0.1) is 0 Å². The summed E-state index contributed by atoms with van der Waals surface area (Å²) in [4.78, 5) is 14.9. The Morgan fingerprint density at radius 2 is 1.91 bits per heavy atom. The first kappa shape index (κ1) is 14.2. The Bertz CT molecular complexity index is 579. The van der Waals surface area contributed by atoms with E-state index in [0.717, 1.165) is 49.4 Å². The summed E-state index contributed by atoms with van der Waals surface area (Å²) in [5.74, 6) is 1.79. The second-order valence-corrected chi connectivity index (χ2v) is 7.37. The highest BCUT2D eigenvalue weighted by molar-refractivity contribution is 5.96. The van der Waals surface area contributed by atoms with Gasteiger partial charge in [-0.25, -0.2) is 4.39 Å². The minimum absolute atomic E-state index is 0.123. The van der Waals surface area contributed by atoms with Gasteiger partial charge in [-0.05, 0) is 80.0 Å². The van der Waals surface area contributed by atoms with Crippen LogP contribution < -0.4 is 0 Å². The lowest BCUT2D eigenvalue weighted by atomic mass is 9.81. The van der Waals surface area contributed by atoms with E-state index in [1.807, 2.05) is 4.90 Å². The highest BCUT2D eigenvalue weighted by Crippen LogP contribution is 2.53. The number of rotatable bonds is 2. The molecule has 0 radical (unpaired) electrons. The molecule has 0 spiro atoms. The average Bonchev–Trinajstić information content (AvgIpc) is 3.18. The summed E-state index contributed by atoms with van der Waals surface area (Å²) in [6.07, 6.45) is 8.40. The third-order valence-electron chi connectivity index (χ3n) is 6.02. The largest absolute Gasteiger partial charge is 0.339 e. The van der Waals surface area contributed by atoms with Gasteiger partial charge in [-0.2, -0.15) is 0 Å².